The maximum absolute atomic E-state index is 11.6. The Morgan fingerprint density at radius 1 is 1.45 bits per heavy atom. The van der Waals surface area contributed by atoms with E-state index in [1.54, 1.807) is 30.3 Å². The molecular weight excluding hydrogens is 272 g/mol. The molecule has 0 atom stereocenters. The van der Waals surface area contributed by atoms with Gasteiger partial charge in [0.1, 0.15) is 6.54 Å². The molecule has 2 rings (SSSR count). The summed E-state index contributed by atoms with van der Waals surface area (Å²) < 4.78 is 0. The third-order valence-corrected chi connectivity index (χ3v) is 4.01. The average Bonchev–Trinajstić information content (AvgIpc) is 3.11. The van der Waals surface area contributed by atoms with E-state index >= 15 is 0 Å². The number of aliphatic imine (C=N–C) groups is 1. The standard InChI is InChI=1S/C14H22N4OS/c1-18(2)13(19)10-17-14(15-8-11-5-6-11)16-9-12-4-3-7-20-12/h3-4,7,11H,5-6,8-10H2,1-2H3,(H2,15,16,17). The van der Waals surface area contributed by atoms with Gasteiger partial charge in [0.25, 0.3) is 0 Å². The van der Waals surface area contributed by atoms with Crippen LogP contribution in [0.5, 0.6) is 0 Å². The monoisotopic (exact) mass is 294 g/mol. The second kappa shape index (κ2) is 7.28. The number of hydrogen-bond acceptors (Lipinski definition) is 3. The van der Waals surface area contributed by atoms with Crippen LogP contribution in [0, 0.1) is 5.92 Å². The summed E-state index contributed by atoms with van der Waals surface area (Å²) in [7, 11) is 3.49. The number of likely N-dealkylation sites (N-methyl/N-ethyl adjacent to an activating group) is 1. The fourth-order valence-electron chi connectivity index (χ4n) is 1.61. The van der Waals surface area contributed by atoms with Gasteiger partial charge in [-0.15, -0.1) is 11.3 Å². The minimum Gasteiger partial charge on any atom is -0.356 e. The smallest absolute Gasteiger partial charge is 0.243 e. The van der Waals surface area contributed by atoms with Crippen LogP contribution in [-0.4, -0.2) is 44.0 Å². The number of hydrogen-bond donors (Lipinski definition) is 2. The summed E-state index contributed by atoms with van der Waals surface area (Å²) >= 11 is 1.71. The van der Waals surface area contributed by atoms with E-state index in [1.807, 2.05) is 6.07 Å². The summed E-state index contributed by atoms with van der Waals surface area (Å²) in [4.78, 5) is 18.8. The molecule has 5 nitrogen and oxygen atoms in total. The minimum absolute atomic E-state index is 0.00801. The van der Waals surface area contributed by atoms with Gasteiger partial charge in [-0.3, -0.25) is 4.79 Å². The van der Waals surface area contributed by atoms with Gasteiger partial charge in [-0.25, -0.2) is 4.99 Å². The van der Waals surface area contributed by atoms with Crippen molar-refractivity contribution < 1.29 is 4.79 Å². The number of thiophene rings is 1. The SMILES string of the molecule is CN(C)C(=O)CN=C(NCc1cccs1)NCC1CC1. The zero-order chi connectivity index (χ0) is 14.4. The van der Waals surface area contributed by atoms with Crippen molar-refractivity contribution in [3.05, 3.63) is 22.4 Å². The van der Waals surface area contributed by atoms with Gasteiger partial charge in [-0.2, -0.15) is 0 Å². The zero-order valence-electron chi connectivity index (χ0n) is 12.1. The third kappa shape index (κ3) is 5.21. The lowest BCUT2D eigenvalue weighted by atomic mass is 10.4. The van der Waals surface area contributed by atoms with Crippen LogP contribution in [0.3, 0.4) is 0 Å². The Kier molecular flexibility index (Phi) is 5.40. The van der Waals surface area contributed by atoms with Gasteiger partial charge in [-0.05, 0) is 30.2 Å². The molecule has 0 bridgehead atoms. The van der Waals surface area contributed by atoms with Gasteiger partial charge in [0.2, 0.25) is 5.91 Å². The molecule has 0 unspecified atom stereocenters. The number of nitrogens with zero attached hydrogens (tertiary/aromatic N) is 2. The van der Waals surface area contributed by atoms with Crippen LogP contribution in [0.15, 0.2) is 22.5 Å². The first-order chi connectivity index (χ1) is 9.65. The largest absolute Gasteiger partial charge is 0.356 e. The molecule has 0 spiro atoms. The molecule has 0 aromatic carbocycles. The molecule has 1 aliphatic rings. The highest BCUT2D eigenvalue weighted by atomic mass is 32.1. The van der Waals surface area contributed by atoms with E-state index in [2.05, 4.69) is 27.1 Å². The van der Waals surface area contributed by atoms with Crippen molar-refractivity contribution in [1.29, 1.82) is 0 Å². The fraction of sp³-hybridized carbons (Fsp3) is 0.571. The van der Waals surface area contributed by atoms with Crippen molar-refractivity contribution in [2.45, 2.75) is 19.4 Å². The quantitative estimate of drug-likeness (QED) is 0.614. The van der Waals surface area contributed by atoms with Gasteiger partial charge in [0.05, 0.1) is 6.54 Å². The van der Waals surface area contributed by atoms with Gasteiger partial charge in [0, 0.05) is 25.5 Å². The fourth-order valence-corrected chi connectivity index (χ4v) is 2.25. The molecule has 1 aromatic heterocycles. The maximum atomic E-state index is 11.6. The lowest BCUT2D eigenvalue weighted by Gasteiger charge is -2.13. The van der Waals surface area contributed by atoms with Crippen LogP contribution in [0.2, 0.25) is 0 Å². The van der Waals surface area contributed by atoms with Crippen molar-refractivity contribution in [2.75, 3.05) is 27.2 Å². The molecule has 6 heteroatoms. The van der Waals surface area contributed by atoms with Crippen molar-refractivity contribution in [3.8, 4) is 0 Å². The van der Waals surface area contributed by atoms with Gasteiger partial charge >= 0.3 is 0 Å². The first kappa shape index (κ1) is 14.8. The number of amides is 1. The molecule has 0 radical (unpaired) electrons. The lowest BCUT2D eigenvalue weighted by molar-refractivity contribution is -0.127. The Morgan fingerprint density at radius 3 is 2.85 bits per heavy atom. The molecule has 2 N–H and O–H groups in total. The van der Waals surface area contributed by atoms with E-state index in [0.29, 0.717) is 0 Å². The maximum Gasteiger partial charge on any atom is 0.243 e. The molecule has 1 aliphatic carbocycles. The van der Waals surface area contributed by atoms with Crippen LogP contribution in [0.1, 0.15) is 17.7 Å². The summed E-state index contributed by atoms with van der Waals surface area (Å²) in [5.74, 6) is 1.50. The van der Waals surface area contributed by atoms with Gasteiger partial charge < -0.3 is 15.5 Å². The number of guanidine groups is 1. The first-order valence-corrected chi connectivity index (χ1v) is 7.78. The first-order valence-electron chi connectivity index (χ1n) is 6.90. The zero-order valence-corrected chi connectivity index (χ0v) is 12.9. The molecule has 1 aromatic rings. The predicted molar refractivity (Wildman–Crippen MR) is 82.9 cm³/mol. The van der Waals surface area contributed by atoms with E-state index in [1.165, 1.54) is 17.7 Å². The van der Waals surface area contributed by atoms with Crippen LogP contribution < -0.4 is 10.6 Å². The van der Waals surface area contributed by atoms with E-state index in [-0.39, 0.29) is 12.5 Å². The van der Waals surface area contributed by atoms with E-state index < -0.39 is 0 Å². The van der Waals surface area contributed by atoms with E-state index in [9.17, 15) is 4.79 Å². The average molecular weight is 294 g/mol. The Bertz CT molecular complexity index is 452. The molecule has 0 aliphatic heterocycles. The van der Waals surface area contributed by atoms with Gasteiger partial charge in [-0.1, -0.05) is 6.07 Å². The second-order valence-electron chi connectivity index (χ2n) is 5.21. The summed E-state index contributed by atoms with van der Waals surface area (Å²) in [6, 6.07) is 4.12. The Morgan fingerprint density at radius 2 is 2.25 bits per heavy atom. The summed E-state index contributed by atoms with van der Waals surface area (Å²) in [6.45, 7) is 1.86. The highest BCUT2D eigenvalue weighted by Gasteiger charge is 2.21. The molecule has 0 saturated heterocycles. The summed E-state index contributed by atoms with van der Waals surface area (Å²) in [5, 5.41) is 8.65. The molecule has 1 fully saturated rings. The Hall–Kier alpha value is -1.56. The van der Waals surface area contributed by atoms with Crippen LogP contribution in [0.25, 0.3) is 0 Å². The van der Waals surface area contributed by atoms with Gasteiger partial charge in [0.15, 0.2) is 5.96 Å². The summed E-state index contributed by atoms with van der Waals surface area (Å²) in [5.41, 5.74) is 0. The number of carbonyl (C=O) groups excluding carboxylic acids is 1. The Labute approximate surface area is 124 Å². The normalized spacial score (nSPS) is 15.0. The van der Waals surface area contributed by atoms with E-state index in [4.69, 9.17) is 0 Å². The third-order valence-electron chi connectivity index (χ3n) is 3.14. The van der Waals surface area contributed by atoms with Crippen molar-refractivity contribution in [2.24, 2.45) is 10.9 Å². The highest BCUT2D eigenvalue weighted by molar-refractivity contribution is 7.09. The Balaban J connectivity index is 1.84. The van der Waals surface area contributed by atoms with Crippen molar-refractivity contribution in [1.82, 2.24) is 15.5 Å². The molecule has 110 valence electrons. The van der Waals surface area contributed by atoms with Crippen LogP contribution in [0.4, 0.5) is 0 Å². The predicted octanol–water partition coefficient (Wildman–Crippen LogP) is 1.28. The van der Waals surface area contributed by atoms with Crippen molar-refractivity contribution >= 4 is 23.2 Å². The molecular formula is C14H22N4OS. The van der Waals surface area contributed by atoms with Crippen LogP contribution >= 0.6 is 11.3 Å². The second-order valence-corrected chi connectivity index (χ2v) is 6.24. The topological polar surface area (TPSA) is 56.7 Å². The molecule has 20 heavy (non-hydrogen) atoms. The molecule has 1 amide bonds. The minimum atomic E-state index is 0.00801. The highest BCUT2D eigenvalue weighted by Crippen LogP contribution is 2.27. The molecule has 1 heterocycles. The number of carbonyl (C=O) groups is 1. The lowest BCUT2D eigenvalue weighted by Crippen LogP contribution is -2.39. The van der Waals surface area contributed by atoms with Crippen molar-refractivity contribution in [3.63, 3.8) is 0 Å². The number of rotatable bonds is 6. The van der Waals surface area contributed by atoms with E-state index in [0.717, 1.165) is 25.0 Å². The summed E-state index contributed by atoms with van der Waals surface area (Å²) in [6.07, 6.45) is 2.59. The van der Waals surface area contributed by atoms with Crippen LogP contribution in [-0.2, 0) is 11.3 Å². The molecule has 1 saturated carbocycles. The number of nitrogens with one attached hydrogen (secondary N) is 2.